The van der Waals surface area contributed by atoms with Crippen LogP contribution < -0.4 is 11.1 Å². The molecule has 0 saturated heterocycles. The zero-order valence-corrected chi connectivity index (χ0v) is 12.0. The average molecular weight is 278 g/mol. The SMILES string of the molecule is Cc1ccc(C(=O)NCCS(C)=O)cc1C#CCN. The van der Waals surface area contributed by atoms with E-state index in [1.54, 1.807) is 18.4 Å². The quantitative estimate of drug-likeness (QED) is 0.784. The lowest BCUT2D eigenvalue weighted by atomic mass is 10.0. The van der Waals surface area contributed by atoms with E-state index in [2.05, 4.69) is 17.2 Å². The molecule has 0 aliphatic carbocycles. The fourth-order valence-electron chi connectivity index (χ4n) is 1.45. The summed E-state index contributed by atoms with van der Waals surface area (Å²) in [6.45, 7) is 2.63. The van der Waals surface area contributed by atoms with Crippen molar-refractivity contribution < 1.29 is 9.00 Å². The number of carbonyl (C=O) groups is 1. The van der Waals surface area contributed by atoms with Gasteiger partial charge in [-0.3, -0.25) is 9.00 Å². The maximum Gasteiger partial charge on any atom is 0.251 e. The van der Waals surface area contributed by atoms with Crippen LogP contribution in [0.3, 0.4) is 0 Å². The first kappa shape index (κ1) is 15.4. The number of benzene rings is 1. The highest BCUT2D eigenvalue weighted by Gasteiger charge is 2.07. The van der Waals surface area contributed by atoms with Crippen molar-refractivity contribution in [3.8, 4) is 11.8 Å². The van der Waals surface area contributed by atoms with Crippen molar-refractivity contribution in [1.82, 2.24) is 5.32 Å². The van der Waals surface area contributed by atoms with E-state index < -0.39 is 10.8 Å². The van der Waals surface area contributed by atoms with Gasteiger partial charge in [0.25, 0.3) is 5.91 Å². The van der Waals surface area contributed by atoms with Crippen molar-refractivity contribution in [2.45, 2.75) is 6.92 Å². The van der Waals surface area contributed by atoms with Gasteiger partial charge < -0.3 is 11.1 Å². The van der Waals surface area contributed by atoms with Crippen molar-refractivity contribution >= 4 is 16.7 Å². The molecule has 1 aromatic carbocycles. The summed E-state index contributed by atoms with van der Waals surface area (Å²) in [6.07, 6.45) is 1.61. The first-order valence-corrected chi connectivity index (χ1v) is 7.65. The van der Waals surface area contributed by atoms with Gasteiger partial charge in [-0.1, -0.05) is 17.9 Å². The summed E-state index contributed by atoms with van der Waals surface area (Å²) >= 11 is 0. The van der Waals surface area contributed by atoms with Crippen molar-refractivity contribution in [1.29, 1.82) is 0 Å². The molecule has 0 bridgehead atoms. The van der Waals surface area contributed by atoms with Crippen molar-refractivity contribution in [3.05, 3.63) is 34.9 Å². The molecule has 0 saturated carbocycles. The average Bonchev–Trinajstić information content (AvgIpc) is 2.37. The topological polar surface area (TPSA) is 72.2 Å². The van der Waals surface area contributed by atoms with Crippen LogP contribution in [0.2, 0.25) is 0 Å². The number of aryl methyl sites for hydroxylation is 1. The second kappa shape index (κ2) is 7.72. The van der Waals surface area contributed by atoms with Crippen LogP contribution >= 0.6 is 0 Å². The van der Waals surface area contributed by atoms with E-state index in [0.717, 1.165) is 11.1 Å². The summed E-state index contributed by atoms with van der Waals surface area (Å²) in [5, 5.41) is 2.73. The number of nitrogens with two attached hydrogens (primary N) is 1. The molecule has 19 heavy (non-hydrogen) atoms. The molecule has 0 heterocycles. The Morgan fingerprint density at radius 3 is 2.84 bits per heavy atom. The maximum absolute atomic E-state index is 11.9. The molecule has 5 heteroatoms. The standard InChI is InChI=1S/C14H18N2O2S/c1-11-5-6-13(10-12(11)4-3-7-15)14(17)16-8-9-19(2)18/h5-6,10H,7-9,15H2,1-2H3,(H,16,17). The summed E-state index contributed by atoms with van der Waals surface area (Å²) in [4.78, 5) is 11.9. The molecule has 0 radical (unpaired) electrons. The Hall–Kier alpha value is -1.64. The smallest absolute Gasteiger partial charge is 0.251 e. The van der Waals surface area contributed by atoms with E-state index in [4.69, 9.17) is 5.73 Å². The number of nitrogens with one attached hydrogen (secondary N) is 1. The van der Waals surface area contributed by atoms with Crippen molar-refractivity contribution in [2.24, 2.45) is 5.73 Å². The van der Waals surface area contributed by atoms with E-state index in [0.29, 0.717) is 17.9 Å². The van der Waals surface area contributed by atoms with Crippen LogP contribution in [0.15, 0.2) is 18.2 Å². The molecule has 1 unspecified atom stereocenters. The van der Waals surface area contributed by atoms with Gasteiger partial charge >= 0.3 is 0 Å². The monoisotopic (exact) mass is 278 g/mol. The Morgan fingerprint density at radius 2 is 2.21 bits per heavy atom. The molecular formula is C14H18N2O2S. The summed E-state index contributed by atoms with van der Waals surface area (Å²) in [5.41, 5.74) is 7.70. The highest BCUT2D eigenvalue weighted by molar-refractivity contribution is 7.84. The molecular weight excluding hydrogens is 260 g/mol. The summed E-state index contributed by atoms with van der Waals surface area (Å²) in [7, 11) is -0.902. The molecule has 1 amide bonds. The highest BCUT2D eigenvalue weighted by Crippen LogP contribution is 2.10. The van der Waals surface area contributed by atoms with Crippen LogP contribution in [-0.4, -0.2) is 35.2 Å². The van der Waals surface area contributed by atoms with Crippen LogP contribution in [0, 0.1) is 18.8 Å². The predicted octanol–water partition coefficient (Wildman–Crippen LogP) is 0.414. The number of rotatable bonds is 4. The van der Waals surface area contributed by atoms with Crippen LogP contribution in [-0.2, 0) is 10.8 Å². The molecule has 4 nitrogen and oxygen atoms in total. The first-order chi connectivity index (χ1) is 9.04. The second-order valence-corrected chi connectivity index (χ2v) is 5.62. The Kier molecular flexibility index (Phi) is 6.26. The molecule has 1 rings (SSSR count). The lowest BCUT2D eigenvalue weighted by Crippen LogP contribution is -2.27. The van der Waals surface area contributed by atoms with Gasteiger partial charge in [0.15, 0.2) is 0 Å². The summed E-state index contributed by atoms with van der Waals surface area (Å²) < 4.78 is 10.9. The van der Waals surface area contributed by atoms with Crippen molar-refractivity contribution in [3.63, 3.8) is 0 Å². The molecule has 1 aromatic rings. The molecule has 0 aliphatic heterocycles. The van der Waals surface area contributed by atoms with Crippen LogP contribution in [0.4, 0.5) is 0 Å². The molecule has 102 valence electrons. The van der Waals surface area contributed by atoms with Gasteiger partial charge in [-0.15, -0.1) is 0 Å². The van der Waals surface area contributed by atoms with Gasteiger partial charge in [0.1, 0.15) is 0 Å². The number of carbonyl (C=O) groups excluding carboxylic acids is 1. The van der Waals surface area contributed by atoms with Gasteiger partial charge in [0.05, 0.1) is 6.54 Å². The van der Waals surface area contributed by atoms with Gasteiger partial charge in [0.2, 0.25) is 0 Å². The first-order valence-electron chi connectivity index (χ1n) is 5.92. The lowest BCUT2D eigenvalue weighted by molar-refractivity contribution is 0.0956. The van der Waals surface area contributed by atoms with Gasteiger partial charge in [-0.25, -0.2) is 0 Å². The van der Waals surface area contributed by atoms with Gasteiger partial charge in [-0.2, -0.15) is 0 Å². The fourth-order valence-corrected chi connectivity index (χ4v) is 1.84. The Morgan fingerprint density at radius 1 is 1.47 bits per heavy atom. The number of hydrogen-bond donors (Lipinski definition) is 2. The normalized spacial score (nSPS) is 11.3. The molecule has 0 spiro atoms. The number of amides is 1. The fraction of sp³-hybridized carbons (Fsp3) is 0.357. The summed E-state index contributed by atoms with van der Waals surface area (Å²) in [6, 6.07) is 5.35. The predicted molar refractivity (Wildman–Crippen MR) is 78.4 cm³/mol. The summed E-state index contributed by atoms with van der Waals surface area (Å²) in [5.74, 6) is 5.99. The third-order valence-corrected chi connectivity index (χ3v) is 3.28. The maximum atomic E-state index is 11.9. The van der Waals surface area contributed by atoms with Crippen LogP contribution in [0.5, 0.6) is 0 Å². The second-order valence-electron chi connectivity index (χ2n) is 4.07. The van der Waals surface area contributed by atoms with Crippen LogP contribution in [0.25, 0.3) is 0 Å². The minimum Gasteiger partial charge on any atom is -0.351 e. The number of hydrogen-bond acceptors (Lipinski definition) is 3. The Bertz CT molecular complexity index is 544. The highest BCUT2D eigenvalue weighted by atomic mass is 32.2. The molecule has 0 aliphatic rings. The lowest BCUT2D eigenvalue weighted by Gasteiger charge is -2.06. The third kappa shape index (κ3) is 5.25. The molecule has 1 atom stereocenters. The van der Waals surface area contributed by atoms with E-state index in [9.17, 15) is 9.00 Å². The Balaban J connectivity index is 2.78. The molecule has 3 N–H and O–H groups in total. The van der Waals surface area contributed by atoms with Gasteiger partial charge in [0, 0.05) is 40.5 Å². The third-order valence-electron chi connectivity index (χ3n) is 2.50. The van der Waals surface area contributed by atoms with Gasteiger partial charge in [-0.05, 0) is 24.6 Å². The van der Waals surface area contributed by atoms with Crippen molar-refractivity contribution in [2.75, 3.05) is 25.1 Å². The minimum atomic E-state index is -0.902. The van der Waals surface area contributed by atoms with E-state index in [-0.39, 0.29) is 12.5 Å². The Labute approximate surface area is 116 Å². The molecule has 0 aromatic heterocycles. The van der Waals surface area contributed by atoms with Crippen LogP contribution in [0.1, 0.15) is 21.5 Å². The zero-order valence-electron chi connectivity index (χ0n) is 11.2. The minimum absolute atomic E-state index is 0.179. The van der Waals surface area contributed by atoms with E-state index in [1.165, 1.54) is 0 Å². The largest absolute Gasteiger partial charge is 0.351 e. The van der Waals surface area contributed by atoms with E-state index in [1.807, 2.05) is 13.0 Å². The van der Waals surface area contributed by atoms with E-state index >= 15 is 0 Å². The zero-order chi connectivity index (χ0) is 14.3. The molecule has 0 fully saturated rings.